The molecule has 1 N–H and O–H groups in total. The van der Waals surface area contributed by atoms with Gasteiger partial charge in [-0.15, -0.1) is 0 Å². The van der Waals surface area contributed by atoms with Crippen LogP contribution in [0, 0.1) is 5.82 Å². The molecule has 0 spiro atoms. The van der Waals surface area contributed by atoms with Crippen molar-refractivity contribution >= 4 is 23.8 Å². The Bertz CT molecular complexity index is 835. The normalized spacial score (nSPS) is 12.6. The number of benzene rings is 2. The quantitative estimate of drug-likeness (QED) is 0.648. The molecule has 1 aliphatic rings. The third kappa shape index (κ3) is 3.74. The van der Waals surface area contributed by atoms with Crippen LogP contribution in [0.4, 0.5) is 10.1 Å². The summed E-state index contributed by atoms with van der Waals surface area (Å²) < 4.78 is 13.1. The molecule has 3 rings (SSSR count). The van der Waals surface area contributed by atoms with Crippen molar-refractivity contribution in [1.29, 1.82) is 0 Å². The summed E-state index contributed by atoms with van der Waals surface area (Å²) in [6.07, 6.45) is 1.66. The number of nitrogens with one attached hydrogen (secondary N) is 1. The lowest BCUT2D eigenvalue weighted by Crippen LogP contribution is -2.26. The van der Waals surface area contributed by atoms with E-state index < -0.39 is 11.7 Å². The topological polar surface area (TPSA) is 66.5 Å². The number of fused-ring (bicyclic) bond motifs is 1. The maximum absolute atomic E-state index is 13.1. The first-order valence-electron chi connectivity index (χ1n) is 8.00. The van der Waals surface area contributed by atoms with Crippen LogP contribution >= 0.6 is 0 Å². The second kappa shape index (κ2) is 7.25. The maximum Gasteiger partial charge on any atom is 0.251 e. The number of hydrogen-bond acceptors (Lipinski definition) is 3. The fraction of sp³-hybridized carbons (Fsp3) is 0.211. The Morgan fingerprint density at radius 3 is 2.76 bits per heavy atom. The molecule has 0 aliphatic carbocycles. The van der Waals surface area contributed by atoms with Crippen LogP contribution in [0.1, 0.15) is 32.7 Å². The van der Waals surface area contributed by atoms with Crippen LogP contribution in [0.3, 0.4) is 0 Å². The lowest BCUT2D eigenvalue weighted by molar-refractivity contribution is -0.107. The van der Waals surface area contributed by atoms with E-state index in [2.05, 4.69) is 5.32 Å². The molecule has 0 saturated carbocycles. The zero-order valence-corrected chi connectivity index (χ0v) is 13.5. The molecule has 2 aromatic carbocycles. The molecule has 1 heterocycles. The molecule has 5 nitrogen and oxygen atoms in total. The van der Waals surface area contributed by atoms with Crippen molar-refractivity contribution in [3.05, 3.63) is 65.0 Å². The van der Waals surface area contributed by atoms with Gasteiger partial charge in [-0.1, -0.05) is 6.07 Å². The third-order valence-electron chi connectivity index (χ3n) is 4.18. The van der Waals surface area contributed by atoms with E-state index in [9.17, 15) is 18.8 Å². The highest BCUT2D eigenvalue weighted by Gasteiger charge is 2.19. The van der Waals surface area contributed by atoms with E-state index in [1.54, 1.807) is 23.1 Å². The van der Waals surface area contributed by atoms with Crippen molar-refractivity contribution in [2.24, 2.45) is 0 Å². The molecule has 6 heteroatoms. The Hall–Kier alpha value is -3.02. The molecule has 1 aliphatic heterocycles. The average molecular weight is 340 g/mol. The van der Waals surface area contributed by atoms with Crippen LogP contribution in [0.5, 0.6) is 0 Å². The molecule has 0 saturated heterocycles. The molecule has 0 bridgehead atoms. The molecular weight excluding hydrogens is 323 g/mol. The number of amides is 2. The number of carbonyl (C=O) groups is 3. The number of rotatable bonds is 6. The lowest BCUT2D eigenvalue weighted by atomic mass is 10.0. The molecule has 2 amide bonds. The van der Waals surface area contributed by atoms with Gasteiger partial charge in [0.25, 0.3) is 5.91 Å². The van der Waals surface area contributed by atoms with Gasteiger partial charge in [0.1, 0.15) is 5.82 Å². The Balaban J connectivity index is 1.56. The van der Waals surface area contributed by atoms with E-state index in [1.807, 2.05) is 0 Å². The molecule has 0 radical (unpaired) electrons. The Kier molecular flexibility index (Phi) is 4.88. The standard InChI is InChI=1S/C19H17FN2O3/c20-16-3-1-2-15(11-16)19(25)21-8-6-18(24)14-4-5-17-13(10-14)7-9-22(17)12-23/h1-5,10-12H,6-9H2,(H,21,25). The first-order chi connectivity index (χ1) is 12.1. The summed E-state index contributed by atoms with van der Waals surface area (Å²) in [6.45, 7) is 0.798. The Labute approximate surface area is 144 Å². The zero-order chi connectivity index (χ0) is 17.8. The fourth-order valence-electron chi connectivity index (χ4n) is 2.88. The van der Waals surface area contributed by atoms with Crippen molar-refractivity contribution in [3.8, 4) is 0 Å². The molecule has 25 heavy (non-hydrogen) atoms. The van der Waals surface area contributed by atoms with Crippen molar-refractivity contribution in [1.82, 2.24) is 5.32 Å². The average Bonchev–Trinajstić information content (AvgIpc) is 3.03. The summed E-state index contributed by atoms with van der Waals surface area (Å²) in [5, 5.41) is 2.61. The molecule has 0 aromatic heterocycles. The van der Waals surface area contributed by atoms with E-state index in [1.165, 1.54) is 18.2 Å². The second-order valence-electron chi connectivity index (χ2n) is 5.83. The van der Waals surface area contributed by atoms with E-state index >= 15 is 0 Å². The Morgan fingerprint density at radius 2 is 2.00 bits per heavy atom. The van der Waals surface area contributed by atoms with E-state index in [0.717, 1.165) is 30.1 Å². The lowest BCUT2D eigenvalue weighted by Gasteiger charge is -2.10. The summed E-state index contributed by atoms with van der Waals surface area (Å²) in [7, 11) is 0. The highest BCUT2D eigenvalue weighted by Crippen LogP contribution is 2.27. The summed E-state index contributed by atoms with van der Waals surface area (Å²) in [5.41, 5.74) is 2.60. The number of halogens is 1. The summed E-state index contributed by atoms with van der Waals surface area (Å²) in [5.74, 6) is -0.985. The number of ketones is 1. The minimum Gasteiger partial charge on any atom is -0.352 e. The largest absolute Gasteiger partial charge is 0.352 e. The molecule has 0 fully saturated rings. The summed E-state index contributed by atoms with van der Waals surface area (Å²) in [6, 6.07) is 10.7. The van der Waals surface area contributed by atoms with E-state index in [0.29, 0.717) is 12.1 Å². The van der Waals surface area contributed by atoms with Gasteiger partial charge in [-0.2, -0.15) is 0 Å². The van der Waals surface area contributed by atoms with Gasteiger partial charge in [-0.05, 0) is 48.4 Å². The van der Waals surface area contributed by atoms with Gasteiger partial charge in [-0.25, -0.2) is 4.39 Å². The summed E-state index contributed by atoms with van der Waals surface area (Å²) in [4.78, 5) is 36.7. The molecule has 0 atom stereocenters. The van der Waals surface area contributed by atoms with Gasteiger partial charge in [0.15, 0.2) is 5.78 Å². The monoisotopic (exact) mass is 340 g/mol. The number of anilines is 1. The minimum atomic E-state index is -0.480. The van der Waals surface area contributed by atoms with Crippen LogP contribution in [0.15, 0.2) is 42.5 Å². The van der Waals surface area contributed by atoms with Gasteiger partial charge in [0.05, 0.1) is 0 Å². The van der Waals surface area contributed by atoms with Gasteiger partial charge in [0.2, 0.25) is 6.41 Å². The van der Waals surface area contributed by atoms with Gasteiger partial charge in [-0.3, -0.25) is 14.4 Å². The highest BCUT2D eigenvalue weighted by atomic mass is 19.1. The minimum absolute atomic E-state index is 0.0908. The molecule has 2 aromatic rings. The Morgan fingerprint density at radius 1 is 1.16 bits per heavy atom. The molecule has 128 valence electrons. The number of hydrogen-bond donors (Lipinski definition) is 1. The van der Waals surface area contributed by atoms with Crippen LogP contribution in [0.2, 0.25) is 0 Å². The van der Waals surface area contributed by atoms with Gasteiger partial charge >= 0.3 is 0 Å². The number of nitrogens with zero attached hydrogens (tertiary/aromatic N) is 1. The maximum atomic E-state index is 13.1. The first kappa shape index (κ1) is 16.8. The van der Waals surface area contributed by atoms with Crippen LogP contribution < -0.4 is 10.2 Å². The van der Waals surface area contributed by atoms with E-state index in [-0.39, 0.29) is 24.3 Å². The van der Waals surface area contributed by atoms with E-state index in [4.69, 9.17) is 0 Å². The predicted molar refractivity (Wildman–Crippen MR) is 91.2 cm³/mol. The van der Waals surface area contributed by atoms with Gasteiger partial charge < -0.3 is 10.2 Å². The third-order valence-corrected chi connectivity index (χ3v) is 4.18. The smallest absolute Gasteiger partial charge is 0.251 e. The van der Waals surface area contributed by atoms with Crippen molar-refractivity contribution < 1.29 is 18.8 Å². The first-order valence-corrected chi connectivity index (χ1v) is 8.00. The predicted octanol–water partition coefficient (Wildman–Crippen LogP) is 2.35. The molecule has 0 unspecified atom stereocenters. The SMILES string of the molecule is O=CN1CCc2cc(C(=O)CCNC(=O)c3cccc(F)c3)ccc21. The van der Waals surface area contributed by atoms with Crippen LogP contribution in [-0.2, 0) is 11.2 Å². The fourth-order valence-corrected chi connectivity index (χ4v) is 2.88. The second-order valence-corrected chi connectivity index (χ2v) is 5.83. The van der Waals surface area contributed by atoms with Crippen LogP contribution in [0.25, 0.3) is 0 Å². The summed E-state index contributed by atoms with van der Waals surface area (Å²) >= 11 is 0. The molecular formula is C19H17FN2O3. The number of Topliss-reactive ketones (excluding diaryl/α,β-unsaturated/α-hetero) is 1. The number of carbonyl (C=O) groups excluding carboxylic acids is 3. The van der Waals surface area contributed by atoms with Crippen molar-refractivity contribution in [2.75, 3.05) is 18.0 Å². The van der Waals surface area contributed by atoms with Crippen molar-refractivity contribution in [3.63, 3.8) is 0 Å². The highest BCUT2D eigenvalue weighted by molar-refractivity contribution is 5.98. The van der Waals surface area contributed by atoms with Gasteiger partial charge in [0, 0.05) is 36.3 Å². The van der Waals surface area contributed by atoms with Crippen LogP contribution in [-0.4, -0.2) is 31.2 Å². The zero-order valence-electron chi connectivity index (χ0n) is 13.5. The van der Waals surface area contributed by atoms with Crippen molar-refractivity contribution in [2.45, 2.75) is 12.8 Å².